The average molecular weight is 509 g/mol. The number of nitrogens with zero attached hydrogens (tertiary/aromatic N) is 4. The van der Waals surface area contributed by atoms with Crippen LogP contribution in [0.15, 0.2) is 67.9 Å². The highest BCUT2D eigenvalue weighted by molar-refractivity contribution is 7.47. The van der Waals surface area contributed by atoms with Crippen molar-refractivity contribution in [3.63, 3.8) is 0 Å². The van der Waals surface area contributed by atoms with Crippen LogP contribution < -0.4 is 10.1 Å². The molecule has 4 heterocycles. The van der Waals surface area contributed by atoms with Crippen molar-refractivity contribution in [3.8, 4) is 28.1 Å². The lowest BCUT2D eigenvalue weighted by Gasteiger charge is -2.11. The lowest BCUT2D eigenvalue weighted by molar-refractivity contribution is -0.111. The van der Waals surface area contributed by atoms with Gasteiger partial charge in [0.1, 0.15) is 12.4 Å². The smallest absolute Gasteiger partial charge is 0.473 e. The Morgan fingerprint density at radius 1 is 1.17 bits per heavy atom. The summed E-state index contributed by atoms with van der Waals surface area (Å²) < 4.78 is 28.9. The number of methoxy groups -OCH3 is 1. The minimum absolute atomic E-state index is 0.0320. The summed E-state index contributed by atoms with van der Waals surface area (Å²) in [7, 11) is -2.69. The van der Waals surface area contributed by atoms with E-state index in [0.717, 1.165) is 27.6 Å². The van der Waals surface area contributed by atoms with Crippen molar-refractivity contribution in [2.45, 2.75) is 13.7 Å². The third-order valence-corrected chi connectivity index (χ3v) is 6.17. The number of phosphoric ester groups is 1. The van der Waals surface area contributed by atoms with Gasteiger partial charge in [-0.05, 0) is 36.8 Å². The molecule has 0 saturated carbocycles. The first-order valence-electron chi connectivity index (χ1n) is 10.8. The van der Waals surface area contributed by atoms with Crippen LogP contribution in [0.4, 0.5) is 5.69 Å². The second-order valence-electron chi connectivity index (χ2n) is 7.49. The van der Waals surface area contributed by atoms with Gasteiger partial charge in [-0.25, -0.2) is 14.5 Å². The van der Waals surface area contributed by atoms with Gasteiger partial charge in [-0.15, -0.1) is 0 Å². The third kappa shape index (κ3) is 5.67. The van der Waals surface area contributed by atoms with Crippen LogP contribution in [0.25, 0.3) is 33.3 Å². The molecule has 1 unspecified atom stereocenters. The number of ether oxygens (including phenoxy) is 1. The highest BCUT2D eigenvalue weighted by atomic mass is 31.2. The molecule has 36 heavy (non-hydrogen) atoms. The van der Waals surface area contributed by atoms with Crippen molar-refractivity contribution in [1.29, 1.82) is 0 Å². The second kappa shape index (κ2) is 10.8. The Hall–Kier alpha value is -3.89. The number of hydrogen-bond donors (Lipinski definition) is 2. The molecule has 186 valence electrons. The lowest BCUT2D eigenvalue weighted by Crippen LogP contribution is -2.07. The van der Waals surface area contributed by atoms with Crippen molar-refractivity contribution in [1.82, 2.24) is 19.5 Å². The first-order valence-corrected chi connectivity index (χ1v) is 12.3. The maximum Gasteiger partial charge on any atom is 0.473 e. The van der Waals surface area contributed by atoms with Gasteiger partial charge in [-0.1, -0.05) is 6.58 Å². The number of aromatic nitrogens is 4. The van der Waals surface area contributed by atoms with E-state index in [4.69, 9.17) is 13.8 Å². The van der Waals surface area contributed by atoms with Crippen molar-refractivity contribution < 1.29 is 28.0 Å². The number of carbonyl (C=O) groups excluding carboxylic acids is 1. The molecule has 11 nitrogen and oxygen atoms in total. The summed E-state index contributed by atoms with van der Waals surface area (Å²) in [4.78, 5) is 34.5. The molecule has 0 saturated heterocycles. The Bertz CT molecular complexity index is 1470. The molecule has 0 radical (unpaired) electrons. The SMILES string of the molecule is C=CC(=O)Nc1cncc(-c2cnc3c(c2)c(-c2ccnc(OC)c2)cn3COP(=O)(O)OCC)c1. The molecule has 0 aliphatic rings. The molecular weight excluding hydrogens is 485 g/mol. The molecule has 12 heteroatoms. The van der Waals surface area contributed by atoms with Gasteiger partial charge in [0.05, 0.1) is 25.6 Å². The van der Waals surface area contributed by atoms with Crippen LogP contribution in [0.3, 0.4) is 0 Å². The minimum Gasteiger partial charge on any atom is -0.481 e. The molecule has 0 aromatic carbocycles. The molecular formula is C24H24N5O6P. The van der Waals surface area contributed by atoms with Crippen LogP contribution in [-0.2, 0) is 25.1 Å². The summed E-state index contributed by atoms with van der Waals surface area (Å²) in [5.41, 5.74) is 4.07. The van der Waals surface area contributed by atoms with Crippen molar-refractivity contribution >= 4 is 30.5 Å². The van der Waals surface area contributed by atoms with Gasteiger partial charge in [0, 0.05) is 52.9 Å². The predicted molar refractivity (Wildman–Crippen MR) is 134 cm³/mol. The van der Waals surface area contributed by atoms with E-state index < -0.39 is 7.82 Å². The maximum atomic E-state index is 12.1. The molecule has 0 aliphatic carbocycles. The first-order chi connectivity index (χ1) is 17.3. The third-order valence-electron chi connectivity index (χ3n) is 5.15. The zero-order chi connectivity index (χ0) is 25.7. The minimum atomic E-state index is -4.22. The zero-order valence-electron chi connectivity index (χ0n) is 19.6. The van der Waals surface area contributed by atoms with Crippen LogP contribution in [-0.4, -0.2) is 44.0 Å². The number of anilines is 1. The standard InChI is InChI=1S/C24H24N5O6P/c1-4-22(30)28-19-8-17(11-25-13-19)18-9-20-21(16-6-7-26-23(10-16)33-3)14-29(24(20)27-12-18)15-35-36(31,32)34-5-2/h4,6-14H,1,5,15H2,2-3H3,(H,28,30)(H,31,32). The zero-order valence-corrected chi connectivity index (χ0v) is 20.5. The van der Waals surface area contributed by atoms with E-state index in [1.807, 2.05) is 12.1 Å². The number of amides is 1. The van der Waals surface area contributed by atoms with E-state index in [-0.39, 0.29) is 19.2 Å². The number of carbonyl (C=O) groups is 1. The van der Waals surface area contributed by atoms with Crippen LogP contribution >= 0.6 is 7.82 Å². The maximum absolute atomic E-state index is 12.1. The number of phosphoric acid groups is 1. The van der Waals surface area contributed by atoms with Gasteiger partial charge >= 0.3 is 7.82 Å². The van der Waals surface area contributed by atoms with E-state index >= 15 is 0 Å². The Kier molecular flexibility index (Phi) is 7.56. The summed E-state index contributed by atoms with van der Waals surface area (Å²) in [6, 6.07) is 7.28. The summed E-state index contributed by atoms with van der Waals surface area (Å²) >= 11 is 0. The Labute approximate surface area is 207 Å². The summed E-state index contributed by atoms with van der Waals surface area (Å²) in [5.74, 6) is 0.0848. The second-order valence-corrected chi connectivity index (χ2v) is 8.95. The molecule has 0 spiro atoms. The van der Waals surface area contributed by atoms with E-state index in [0.29, 0.717) is 17.2 Å². The van der Waals surface area contributed by atoms with Gasteiger partial charge in [0.25, 0.3) is 0 Å². The molecule has 1 atom stereocenters. The van der Waals surface area contributed by atoms with Crippen LogP contribution in [0, 0.1) is 0 Å². The Balaban J connectivity index is 1.80. The number of hydrogen-bond acceptors (Lipinski definition) is 8. The van der Waals surface area contributed by atoms with Gasteiger partial charge in [-0.3, -0.25) is 18.8 Å². The number of pyridine rings is 3. The van der Waals surface area contributed by atoms with Crippen LogP contribution in [0.5, 0.6) is 5.88 Å². The van der Waals surface area contributed by atoms with Gasteiger partial charge in [0.2, 0.25) is 11.8 Å². The predicted octanol–water partition coefficient (Wildman–Crippen LogP) is 4.40. The number of rotatable bonds is 10. The first kappa shape index (κ1) is 25.2. The molecule has 4 rings (SSSR count). The fourth-order valence-corrected chi connectivity index (χ4v) is 4.21. The summed E-state index contributed by atoms with van der Waals surface area (Å²) in [6.07, 6.45) is 9.40. The lowest BCUT2D eigenvalue weighted by atomic mass is 10.0. The molecule has 0 aliphatic heterocycles. The number of nitrogens with one attached hydrogen (secondary N) is 1. The molecule has 0 bridgehead atoms. The molecule has 0 fully saturated rings. The topological polar surface area (TPSA) is 138 Å². The molecule has 2 N–H and O–H groups in total. The van der Waals surface area contributed by atoms with E-state index in [2.05, 4.69) is 26.8 Å². The quantitative estimate of drug-likeness (QED) is 0.235. The molecule has 1 amide bonds. The largest absolute Gasteiger partial charge is 0.481 e. The van der Waals surface area contributed by atoms with E-state index in [9.17, 15) is 14.3 Å². The van der Waals surface area contributed by atoms with Crippen molar-refractivity contribution in [3.05, 3.63) is 67.9 Å². The van der Waals surface area contributed by atoms with Crippen molar-refractivity contribution in [2.24, 2.45) is 0 Å². The Morgan fingerprint density at radius 3 is 2.72 bits per heavy atom. The van der Waals surface area contributed by atoms with Gasteiger partial charge in [-0.2, -0.15) is 0 Å². The molecule has 4 aromatic heterocycles. The number of fused-ring (bicyclic) bond motifs is 1. The fraction of sp³-hybridized carbons (Fsp3) is 0.167. The van der Waals surface area contributed by atoms with Crippen LogP contribution in [0.1, 0.15) is 6.92 Å². The summed E-state index contributed by atoms with van der Waals surface area (Å²) in [6.45, 7) is 4.83. The average Bonchev–Trinajstić information content (AvgIpc) is 3.25. The normalized spacial score (nSPS) is 12.8. The Morgan fingerprint density at radius 2 is 1.97 bits per heavy atom. The molecule has 4 aromatic rings. The summed E-state index contributed by atoms with van der Waals surface area (Å²) in [5, 5.41) is 3.44. The van der Waals surface area contributed by atoms with E-state index in [1.165, 1.54) is 19.4 Å². The highest BCUT2D eigenvalue weighted by Gasteiger charge is 2.22. The van der Waals surface area contributed by atoms with Crippen molar-refractivity contribution in [2.75, 3.05) is 19.0 Å². The highest BCUT2D eigenvalue weighted by Crippen LogP contribution is 2.44. The van der Waals surface area contributed by atoms with Gasteiger partial charge in [0.15, 0.2) is 0 Å². The monoisotopic (exact) mass is 509 g/mol. The fourth-order valence-electron chi connectivity index (χ4n) is 3.54. The van der Waals surface area contributed by atoms with Gasteiger partial charge < -0.3 is 19.5 Å². The van der Waals surface area contributed by atoms with E-state index in [1.54, 1.807) is 48.4 Å². The van der Waals surface area contributed by atoms with Crippen LogP contribution in [0.2, 0.25) is 0 Å².